The molecule has 0 unspecified atom stereocenters. The summed E-state index contributed by atoms with van der Waals surface area (Å²) >= 11 is 0. The van der Waals surface area contributed by atoms with E-state index in [9.17, 15) is 0 Å². The number of rotatable bonds is 4. The minimum absolute atomic E-state index is 0.0610. The molecule has 0 amide bonds. The van der Waals surface area contributed by atoms with Crippen LogP contribution < -0.4 is 0 Å². The predicted molar refractivity (Wildman–Crippen MR) is 577 cm³/mol. The van der Waals surface area contributed by atoms with Crippen molar-refractivity contribution in [3.63, 3.8) is 0 Å². The van der Waals surface area contributed by atoms with E-state index >= 15 is 0 Å². The lowest BCUT2D eigenvalue weighted by Gasteiger charge is -2.32. The molecular weight excluding hydrogens is 1570 g/mol. The number of fused-ring (bicyclic) bond motifs is 14. The molecule has 18 rings (SSSR count). The number of benzene rings is 16. The topological polar surface area (TPSA) is 0 Å². The summed E-state index contributed by atoms with van der Waals surface area (Å²) in [4.78, 5) is 0. The molecule has 1 spiro atoms. The summed E-state index contributed by atoms with van der Waals surface area (Å²) in [6.45, 7) is 73.5. The molecule has 672 valence electrons. The van der Waals surface area contributed by atoms with Crippen molar-refractivity contribution in [2.24, 2.45) is 0 Å². The highest BCUT2D eigenvalue weighted by Gasteiger charge is 2.52. The third kappa shape index (κ3) is 19.6. The first-order chi connectivity index (χ1) is 61.2. The van der Waals surface area contributed by atoms with E-state index in [1.54, 1.807) is 0 Å². The van der Waals surface area contributed by atoms with Gasteiger partial charge in [-0.2, -0.15) is 0 Å². The van der Waals surface area contributed by atoms with Gasteiger partial charge in [0.15, 0.2) is 0 Å². The lowest BCUT2D eigenvalue weighted by molar-refractivity contribution is 0.585. The van der Waals surface area contributed by atoms with Crippen molar-refractivity contribution in [1.29, 1.82) is 0 Å². The fourth-order valence-electron chi connectivity index (χ4n) is 20.1. The lowest BCUT2D eigenvalue weighted by Crippen LogP contribution is -2.27. The second kappa shape index (κ2) is 35.6. The highest BCUT2D eigenvalue weighted by molar-refractivity contribution is 6.09. The molecule has 16 aromatic rings. The van der Waals surface area contributed by atoms with Crippen molar-refractivity contribution >= 4 is 43.1 Å². The monoisotopic (exact) mass is 1720 g/mol. The van der Waals surface area contributed by atoms with Gasteiger partial charge in [0.1, 0.15) is 0 Å². The van der Waals surface area contributed by atoms with Crippen LogP contribution in [0.3, 0.4) is 0 Å². The third-order valence-electron chi connectivity index (χ3n) is 27.5. The zero-order chi connectivity index (χ0) is 95.1. The summed E-state index contributed by atoms with van der Waals surface area (Å²) < 4.78 is 0. The first kappa shape index (κ1) is 95.6. The van der Waals surface area contributed by atoms with Crippen molar-refractivity contribution in [3.05, 3.63) is 404 Å². The molecular formula is C131H148. The van der Waals surface area contributed by atoms with E-state index in [1.165, 1.54) is 199 Å². The van der Waals surface area contributed by atoms with Gasteiger partial charge >= 0.3 is 0 Å². The first-order valence-corrected chi connectivity index (χ1v) is 48.2. The Kier molecular flexibility index (Phi) is 26.0. The van der Waals surface area contributed by atoms with Crippen LogP contribution in [0.15, 0.2) is 315 Å². The van der Waals surface area contributed by atoms with Crippen LogP contribution in [0.2, 0.25) is 0 Å². The fraction of sp³-hybridized carbons (Fsp3) is 0.328. The van der Waals surface area contributed by atoms with E-state index in [0.29, 0.717) is 0 Å². The van der Waals surface area contributed by atoms with Crippen LogP contribution in [0.25, 0.3) is 110 Å². The fourth-order valence-corrected chi connectivity index (χ4v) is 20.1. The molecule has 0 nitrogen and oxygen atoms in total. The Morgan fingerprint density at radius 2 is 0.405 bits per heavy atom. The summed E-state index contributed by atoms with van der Waals surface area (Å²) in [5.41, 5.74) is 39.8. The SMILES string of the molecule is CC(C)(C)c1cc2ccccc2cc1-c1cc2ccccc2cc1C(C)(C)C.CC(C)(C)c1ccc2c(c1)C1(c3ccccc3-2)c2ccccc2-c2ccc(C(C)(C)C)cc21.CC(C)(C)c1ccc2ccccc2c1-c1c(C(C)(C)C)ccc2ccccc12.CC(C)(C)c1ccccc1-c1ccccc1C(C)(C)C.Cc1ccc(C(C)(C)C)cc1-c1cc(C(C)(C)C)ccc1C. The standard InChI is InChI=1S/C33H32.2C28H30.C22H30.C20H26/c1-31(2,3)21-15-17-25-23-11-7-9-13-27(23)33(29(25)19-21)28-14-10-8-12-24(28)26-18-16-22(20-30(26)33)32(4,5)6;1-27(2,3)25-17-21-13-9-7-11-19(21)15-23(25)24-16-20-12-8-10-14-22(20)18-26(24)28(4,5)6;1-27(2,3)23-17-15-19-11-7-9-13-21(19)25(23)26-22-14-10-8-12-20(22)16-18-24(26)28(4,5)6;1-15-9-11-17(21(3,4)5)13-19(15)20-14-18(22(6,7)8)12-10-16(20)2;1-19(2,3)17-13-9-7-11-15(17)16-12-8-10-14-18(16)20(4,5)6/h7-20H,1-6H3;2*7-18H,1-6H3;9-14H,1-8H3;7-14H,1-6H3. The molecule has 2 aliphatic rings. The molecule has 0 bridgehead atoms. The minimum Gasteiger partial charge on any atom is -0.0619 e. The van der Waals surface area contributed by atoms with Crippen molar-refractivity contribution in [1.82, 2.24) is 0 Å². The Bertz CT molecular complexity index is 6500. The summed E-state index contributed by atoms with van der Waals surface area (Å²) in [6.07, 6.45) is 0. The molecule has 0 saturated carbocycles. The van der Waals surface area contributed by atoms with Gasteiger partial charge in [-0.1, -0.05) is 511 Å². The molecule has 0 heterocycles. The highest BCUT2D eigenvalue weighted by Crippen LogP contribution is 2.64. The average molecular weight is 1720 g/mol. The van der Waals surface area contributed by atoms with E-state index in [1.807, 2.05) is 0 Å². The molecule has 0 radical (unpaired) electrons. The van der Waals surface area contributed by atoms with E-state index < -0.39 is 0 Å². The van der Waals surface area contributed by atoms with Crippen molar-refractivity contribution in [2.45, 2.75) is 281 Å². The smallest absolute Gasteiger partial charge is 0.0619 e. The maximum absolute atomic E-state index is 2.50. The van der Waals surface area contributed by atoms with Gasteiger partial charge in [-0.3, -0.25) is 0 Å². The van der Waals surface area contributed by atoms with Crippen molar-refractivity contribution in [3.8, 4) is 66.8 Å². The van der Waals surface area contributed by atoms with E-state index in [2.05, 4.69) is 537 Å². The zero-order valence-corrected chi connectivity index (χ0v) is 85.5. The summed E-state index contributed by atoms with van der Waals surface area (Å²) in [5.74, 6) is 0. The number of aryl methyl sites for hydroxylation is 2. The highest BCUT2D eigenvalue weighted by atomic mass is 14.5. The van der Waals surface area contributed by atoms with Crippen LogP contribution >= 0.6 is 0 Å². The van der Waals surface area contributed by atoms with E-state index in [4.69, 9.17) is 0 Å². The van der Waals surface area contributed by atoms with Gasteiger partial charge in [0, 0.05) is 0 Å². The van der Waals surface area contributed by atoms with Crippen LogP contribution in [0.5, 0.6) is 0 Å². The molecule has 0 aliphatic heterocycles. The Morgan fingerprint density at radius 3 is 0.718 bits per heavy atom. The second-order valence-corrected chi connectivity index (χ2v) is 47.9. The largest absolute Gasteiger partial charge is 0.0725 e. The Balaban J connectivity index is 0.000000133. The van der Waals surface area contributed by atoms with E-state index in [-0.39, 0.29) is 59.6 Å². The molecule has 0 aromatic heterocycles. The third-order valence-corrected chi connectivity index (χ3v) is 27.5. The van der Waals surface area contributed by atoms with Gasteiger partial charge in [0.05, 0.1) is 5.41 Å². The average Bonchev–Trinajstić information content (AvgIpc) is 1.50. The van der Waals surface area contributed by atoms with Gasteiger partial charge in [-0.25, -0.2) is 0 Å². The van der Waals surface area contributed by atoms with Gasteiger partial charge in [-0.15, -0.1) is 0 Å². The van der Waals surface area contributed by atoms with Crippen molar-refractivity contribution in [2.75, 3.05) is 0 Å². The van der Waals surface area contributed by atoms with Crippen LogP contribution in [-0.2, 0) is 59.6 Å². The zero-order valence-electron chi connectivity index (χ0n) is 85.5. The van der Waals surface area contributed by atoms with Gasteiger partial charge in [0.25, 0.3) is 0 Å². The molecule has 2 aliphatic carbocycles. The van der Waals surface area contributed by atoms with Gasteiger partial charge in [-0.05, 0) is 279 Å². The molecule has 0 fully saturated rings. The molecule has 0 saturated heterocycles. The summed E-state index contributed by atoms with van der Waals surface area (Å²) in [5, 5.41) is 10.5. The van der Waals surface area contributed by atoms with Gasteiger partial charge < -0.3 is 0 Å². The number of hydrogen-bond acceptors (Lipinski definition) is 0. The normalized spacial score (nSPS) is 13.3. The molecule has 0 heteroatoms. The van der Waals surface area contributed by atoms with Crippen LogP contribution in [-0.4, -0.2) is 0 Å². The maximum atomic E-state index is 2.50. The minimum atomic E-state index is -0.264. The van der Waals surface area contributed by atoms with Crippen LogP contribution in [0.4, 0.5) is 0 Å². The summed E-state index contributed by atoms with van der Waals surface area (Å²) in [7, 11) is 0. The summed E-state index contributed by atoms with van der Waals surface area (Å²) in [6, 6.07) is 118. The molecule has 0 atom stereocenters. The Labute approximate surface area is 789 Å². The predicted octanol–water partition coefficient (Wildman–Crippen LogP) is 37.6. The number of hydrogen-bond donors (Lipinski definition) is 0. The Morgan fingerprint density at radius 1 is 0.153 bits per heavy atom. The Hall–Kier alpha value is -11.4. The maximum Gasteiger partial charge on any atom is 0.0725 e. The molecule has 0 N–H and O–H groups in total. The lowest BCUT2D eigenvalue weighted by atomic mass is 9.69. The van der Waals surface area contributed by atoms with E-state index in [0.717, 1.165) is 0 Å². The second-order valence-electron chi connectivity index (χ2n) is 47.9. The van der Waals surface area contributed by atoms with Gasteiger partial charge in [0.2, 0.25) is 0 Å². The first-order valence-electron chi connectivity index (χ1n) is 48.2. The van der Waals surface area contributed by atoms with Crippen LogP contribution in [0.1, 0.15) is 297 Å². The molecule has 131 heavy (non-hydrogen) atoms. The van der Waals surface area contributed by atoms with Crippen LogP contribution in [0, 0.1) is 13.8 Å². The van der Waals surface area contributed by atoms with Crippen molar-refractivity contribution < 1.29 is 0 Å². The molecule has 16 aromatic carbocycles. The quantitative estimate of drug-likeness (QED) is 0.165.